The van der Waals surface area contributed by atoms with Crippen molar-refractivity contribution in [3.63, 3.8) is 0 Å². The third kappa shape index (κ3) is 2.73. The van der Waals surface area contributed by atoms with Gasteiger partial charge in [0.25, 0.3) is 0 Å². The van der Waals surface area contributed by atoms with Crippen LogP contribution in [0.2, 0.25) is 0 Å². The Morgan fingerprint density at radius 2 is 2.20 bits per heavy atom. The number of halogens is 2. The van der Waals surface area contributed by atoms with Crippen LogP contribution >= 0.6 is 49.9 Å². The molecule has 0 fully saturated rings. The zero-order chi connectivity index (χ0) is 14.3. The Balaban J connectivity index is 1.92. The van der Waals surface area contributed by atoms with Crippen LogP contribution in [0.4, 0.5) is 10.5 Å². The molecule has 0 bridgehead atoms. The summed E-state index contributed by atoms with van der Waals surface area (Å²) in [6, 6.07) is 8.36. The van der Waals surface area contributed by atoms with E-state index in [1.807, 2.05) is 6.07 Å². The van der Waals surface area contributed by atoms with E-state index in [9.17, 15) is 4.79 Å². The van der Waals surface area contributed by atoms with Gasteiger partial charge in [0.05, 0.1) is 7.71 Å². The second-order valence-corrected chi connectivity index (χ2v) is 8.47. The lowest BCUT2D eigenvalue weighted by molar-refractivity contribution is 0.218. The maximum absolute atomic E-state index is 11.6. The van der Waals surface area contributed by atoms with Gasteiger partial charge in [0.2, 0.25) is 0 Å². The van der Waals surface area contributed by atoms with E-state index in [0.29, 0.717) is 6.54 Å². The van der Waals surface area contributed by atoms with Gasteiger partial charge >= 0.3 is 6.03 Å². The number of hydrogen-bond acceptors (Lipinski definition) is 2. The van der Waals surface area contributed by atoms with Crippen molar-refractivity contribution >= 4 is 61.6 Å². The Morgan fingerprint density at radius 1 is 1.40 bits per heavy atom. The lowest BCUT2D eigenvalue weighted by atomic mass is 10.0. The molecule has 6 heteroatoms. The van der Waals surface area contributed by atoms with Crippen LogP contribution in [0.5, 0.6) is 0 Å². The van der Waals surface area contributed by atoms with E-state index in [-0.39, 0.29) is 10.9 Å². The van der Waals surface area contributed by atoms with Crippen LogP contribution < -0.4 is 5.32 Å². The molecule has 0 spiro atoms. The Labute approximate surface area is 143 Å². The van der Waals surface area contributed by atoms with E-state index in [4.69, 9.17) is 0 Å². The van der Waals surface area contributed by atoms with Crippen LogP contribution in [0.15, 0.2) is 29.6 Å². The third-order valence-electron chi connectivity index (χ3n) is 3.30. The van der Waals surface area contributed by atoms with Crippen molar-refractivity contribution in [1.29, 1.82) is 0 Å². The van der Waals surface area contributed by atoms with Crippen LogP contribution in [0.3, 0.4) is 0 Å². The van der Waals surface area contributed by atoms with Crippen LogP contribution in [0.25, 0.3) is 0 Å². The summed E-state index contributed by atoms with van der Waals surface area (Å²) in [7, 11) is 1.80. The number of nitrogens with zero attached hydrogens (tertiary/aromatic N) is 1. The summed E-state index contributed by atoms with van der Waals surface area (Å²) in [4.78, 5) is 13.5. The topological polar surface area (TPSA) is 32.3 Å². The molecular formula is C14H12BrIN2OS. The normalized spacial score (nSPS) is 15.8. The number of urea groups is 1. The van der Waals surface area contributed by atoms with E-state index < -0.39 is 0 Å². The number of fused-ring (bicyclic) bond motifs is 1. The van der Waals surface area contributed by atoms with Gasteiger partial charge in [-0.2, -0.15) is 0 Å². The number of carbonyl (C=O) groups excluding carboxylic acids is 1. The minimum Gasteiger partial charge on any atom is -0.323 e. The van der Waals surface area contributed by atoms with Gasteiger partial charge in [-0.1, -0.05) is 28.1 Å². The van der Waals surface area contributed by atoms with Crippen molar-refractivity contribution in [2.45, 2.75) is 11.4 Å². The van der Waals surface area contributed by atoms with Crippen molar-refractivity contribution in [3.05, 3.63) is 49.2 Å². The van der Waals surface area contributed by atoms with E-state index in [1.165, 1.54) is 14.0 Å². The molecule has 1 N–H and O–H groups in total. The highest BCUT2D eigenvalue weighted by Crippen LogP contribution is 2.36. The maximum atomic E-state index is 11.6. The average Bonchev–Trinajstić information content (AvgIpc) is 2.85. The van der Waals surface area contributed by atoms with Crippen molar-refractivity contribution in [2.75, 3.05) is 12.4 Å². The molecule has 0 saturated heterocycles. The molecule has 3 rings (SSSR count). The fraction of sp³-hybridized carbons (Fsp3) is 0.214. The lowest BCUT2D eigenvalue weighted by Crippen LogP contribution is -2.35. The molecule has 1 aliphatic rings. The molecule has 2 heterocycles. The number of hydrogen-bond donors (Lipinski definition) is 1. The van der Waals surface area contributed by atoms with Crippen molar-refractivity contribution in [2.24, 2.45) is 0 Å². The van der Waals surface area contributed by atoms with Gasteiger partial charge < -0.3 is 10.2 Å². The SMILES string of the molecule is CN1Cc2cc(C(Br)c3csc(I)c3)ccc2NC1=O. The van der Waals surface area contributed by atoms with Gasteiger partial charge in [-0.15, -0.1) is 11.3 Å². The van der Waals surface area contributed by atoms with Gasteiger partial charge in [0.15, 0.2) is 0 Å². The first-order valence-corrected chi connectivity index (χ1v) is 8.95. The number of benzene rings is 1. The molecule has 0 aliphatic carbocycles. The maximum Gasteiger partial charge on any atom is 0.321 e. The number of thiophene rings is 1. The van der Waals surface area contributed by atoms with Gasteiger partial charge in [0, 0.05) is 19.3 Å². The second kappa shape index (κ2) is 5.65. The molecule has 0 radical (unpaired) electrons. The first-order chi connectivity index (χ1) is 9.54. The van der Waals surface area contributed by atoms with Crippen molar-refractivity contribution < 1.29 is 4.79 Å². The summed E-state index contributed by atoms with van der Waals surface area (Å²) in [5.74, 6) is 0. The zero-order valence-corrected chi connectivity index (χ0v) is 15.3. The molecule has 1 unspecified atom stereocenters. The quantitative estimate of drug-likeness (QED) is 0.503. The molecule has 2 aromatic rings. The summed E-state index contributed by atoms with van der Waals surface area (Å²) in [6.45, 7) is 0.649. The van der Waals surface area contributed by atoms with Crippen LogP contribution in [0, 0.1) is 2.88 Å². The van der Waals surface area contributed by atoms with E-state index in [0.717, 1.165) is 11.3 Å². The molecule has 0 saturated carbocycles. The van der Waals surface area contributed by atoms with Crippen molar-refractivity contribution in [3.8, 4) is 0 Å². The van der Waals surface area contributed by atoms with Crippen LogP contribution in [0.1, 0.15) is 21.5 Å². The van der Waals surface area contributed by atoms with Gasteiger partial charge in [-0.05, 0) is 56.8 Å². The standard InChI is InChI=1S/C14H12BrIN2OS/c1-18-6-9-4-8(2-3-11(9)17-14(18)19)13(15)10-5-12(16)20-7-10/h2-5,7,13H,6H2,1H3,(H,17,19). The summed E-state index contributed by atoms with van der Waals surface area (Å²) >= 11 is 7.85. The minimum absolute atomic E-state index is 0.0481. The van der Waals surface area contributed by atoms with Gasteiger partial charge in [0.1, 0.15) is 0 Å². The predicted octanol–water partition coefficient (Wildman–Crippen LogP) is 4.81. The van der Waals surface area contributed by atoms with Crippen molar-refractivity contribution in [1.82, 2.24) is 4.90 Å². The summed E-state index contributed by atoms with van der Waals surface area (Å²) < 4.78 is 1.28. The number of amides is 2. The van der Waals surface area contributed by atoms with E-state index in [1.54, 1.807) is 23.3 Å². The molecule has 1 aliphatic heterocycles. The molecule has 1 aromatic carbocycles. The Morgan fingerprint density at radius 3 is 2.90 bits per heavy atom. The van der Waals surface area contributed by atoms with E-state index >= 15 is 0 Å². The first kappa shape index (κ1) is 14.3. The minimum atomic E-state index is -0.0481. The highest BCUT2D eigenvalue weighted by molar-refractivity contribution is 14.1. The monoisotopic (exact) mass is 462 g/mol. The largest absolute Gasteiger partial charge is 0.323 e. The summed E-state index contributed by atoms with van der Waals surface area (Å²) in [6.07, 6.45) is 0. The molecule has 1 aromatic heterocycles. The molecule has 1 atom stereocenters. The molecule has 20 heavy (non-hydrogen) atoms. The smallest absolute Gasteiger partial charge is 0.321 e. The molecule has 2 amide bonds. The fourth-order valence-electron chi connectivity index (χ4n) is 2.21. The molecule has 3 nitrogen and oxygen atoms in total. The highest BCUT2D eigenvalue weighted by Gasteiger charge is 2.21. The van der Waals surface area contributed by atoms with Crippen LogP contribution in [-0.4, -0.2) is 18.0 Å². The third-order valence-corrected chi connectivity index (χ3v) is 6.16. The highest BCUT2D eigenvalue weighted by atomic mass is 127. The van der Waals surface area contributed by atoms with Crippen LogP contribution in [-0.2, 0) is 6.54 Å². The summed E-state index contributed by atoms with van der Waals surface area (Å²) in [5, 5.41) is 5.07. The summed E-state index contributed by atoms with van der Waals surface area (Å²) in [5.41, 5.74) is 4.55. The number of anilines is 1. The first-order valence-electron chi connectivity index (χ1n) is 6.07. The second-order valence-electron chi connectivity index (χ2n) is 4.75. The van der Waals surface area contributed by atoms with Gasteiger partial charge in [-0.25, -0.2) is 4.79 Å². The molecule has 104 valence electrons. The number of alkyl halides is 1. The van der Waals surface area contributed by atoms with E-state index in [2.05, 4.69) is 67.4 Å². The Hall–Kier alpha value is -0.600. The Kier molecular flexibility index (Phi) is 4.05. The molecular weight excluding hydrogens is 451 g/mol. The number of rotatable bonds is 2. The predicted molar refractivity (Wildman–Crippen MR) is 94.7 cm³/mol. The number of nitrogens with one attached hydrogen (secondary N) is 1. The van der Waals surface area contributed by atoms with Gasteiger partial charge in [-0.3, -0.25) is 0 Å². The lowest BCUT2D eigenvalue weighted by Gasteiger charge is -2.26. The Bertz CT molecular complexity index is 673. The number of carbonyl (C=O) groups is 1. The fourth-order valence-corrected chi connectivity index (χ4v) is 4.33. The average molecular weight is 463 g/mol. The zero-order valence-electron chi connectivity index (χ0n) is 10.7.